The maximum atomic E-state index is 13.6. The molecule has 0 aliphatic heterocycles. The minimum atomic E-state index is -0.515. The first-order valence-electron chi connectivity index (χ1n) is 6.86. The number of nitrogens with one attached hydrogen (secondary N) is 2. The Balaban J connectivity index is 1.69. The molecule has 0 unspecified atom stereocenters. The van der Waals surface area contributed by atoms with E-state index in [2.05, 4.69) is 20.6 Å². The first-order chi connectivity index (χ1) is 11.2. The Bertz CT molecular complexity index is 805. The van der Waals surface area contributed by atoms with Crippen LogP contribution in [0.1, 0.15) is 16.2 Å². The number of amides is 1. The predicted octanol–water partition coefficient (Wildman–Crippen LogP) is 3.07. The summed E-state index contributed by atoms with van der Waals surface area (Å²) in [5.74, 6) is 0.181. The second-order valence-corrected chi connectivity index (χ2v) is 4.66. The number of halogens is 1. The van der Waals surface area contributed by atoms with Crippen LogP contribution in [0.15, 0.2) is 59.5 Å². The average molecular weight is 312 g/mol. The Kier molecular flexibility index (Phi) is 4.28. The molecule has 116 valence electrons. The summed E-state index contributed by atoms with van der Waals surface area (Å²) in [7, 11) is 0. The fourth-order valence-corrected chi connectivity index (χ4v) is 1.92. The first kappa shape index (κ1) is 14.7. The van der Waals surface area contributed by atoms with E-state index in [1.165, 1.54) is 24.5 Å². The van der Waals surface area contributed by atoms with Crippen molar-refractivity contribution in [3.63, 3.8) is 0 Å². The van der Waals surface area contributed by atoms with Gasteiger partial charge >= 0.3 is 0 Å². The van der Waals surface area contributed by atoms with E-state index < -0.39 is 11.7 Å². The van der Waals surface area contributed by atoms with E-state index >= 15 is 0 Å². The molecule has 0 bridgehead atoms. The molecule has 2 aromatic heterocycles. The summed E-state index contributed by atoms with van der Waals surface area (Å²) in [5.41, 5.74) is 0.228. The first-order valence-corrected chi connectivity index (χ1v) is 6.86. The van der Waals surface area contributed by atoms with Crippen molar-refractivity contribution in [1.29, 1.82) is 0 Å². The summed E-state index contributed by atoms with van der Waals surface area (Å²) < 4.78 is 18.8. The van der Waals surface area contributed by atoms with Gasteiger partial charge in [-0.1, -0.05) is 12.1 Å². The van der Waals surface area contributed by atoms with Crippen LogP contribution < -0.4 is 10.6 Å². The minimum absolute atomic E-state index is 0.0983. The second kappa shape index (κ2) is 6.69. The van der Waals surface area contributed by atoms with Crippen LogP contribution >= 0.6 is 0 Å². The number of hydrogen-bond acceptors (Lipinski definition) is 5. The Morgan fingerprint density at radius 3 is 2.83 bits per heavy atom. The molecule has 3 rings (SSSR count). The van der Waals surface area contributed by atoms with Crippen LogP contribution in [0.25, 0.3) is 0 Å². The molecular weight excluding hydrogens is 299 g/mol. The zero-order valence-electron chi connectivity index (χ0n) is 12.0. The largest absolute Gasteiger partial charge is 0.467 e. The SMILES string of the molecule is O=C(Nc1ccccc1F)c1cc(NCc2ccco2)ncn1. The molecule has 2 N–H and O–H groups in total. The van der Waals surface area contributed by atoms with Gasteiger partial charge < -0.3 is 15.1 Å². The molecule has 23 heavy (non-hydrogen) atoms. The lowest BCUT2D eigenvalue weighted by atomic mass is 10.3. The molecule has 1 amide bonds. The van der Waals surface area contributed by atoms with Crippen molar-refractivity contribution >= 4 is 17.4 Å². The maximum absolute atomic E-state index is 13.6. The number of aromatic nitrogens is 2. The minimum Gasteiger partial charge on any atom is -0.467 e. The smallest absolute Gasteiger partial charge is 0.274 e. The van der Waals surface area contributed by atoms with Crippen molar-refractivity contribution < 1.29 is 13.6 Å². The van der Waals surface area contributed by atoms with E-state index in [1.54, 1.807) is 24.5 Å². The summed E-state index contributed by atoms with van der Waals surface area (Å²) in [6.45, 7) is 0.429. The molecule has 0 spiro atoms. The lowest BCUT2D eigenvalue weighted by Crippen LogP contribution is -2.15. The third-order valence-electron chi connectivity index (χ3n) is 3.05. The molecule has 6 nitrogen and oxygen atoms in total. The lowest BCUT2D eigenvalue weighted by Gasteiger charge is -2.07. The van der Waals surface area contributed by atoms with E-state index in [4.69, 9.17) is 4.42 Å². The summed E-state index contributed by atoms with van der Waals surface area (Å²) >= 11 is 0. The summed E-state index contributed by atoms with van der Waals surface area (Å²) in [4.78, 5) is 20.1. The fraction of sp³-hybridized carbons (Fsp3) is 0.0625. The summed E-state index contributed by atoms with van der Waals surface area (Å²) in [6, 6.07) is 11.0. The van der Waals surface area contributed by atoms with Gasteiger partial charge in [-0.15, -0.1) is 0 Å². The number of benzene rings is 1. The Labute approximate surface area is 131 Å². The number of carbonyl (C=O) groups is 1. The third-order valence-corrected chi connectivity index (χ3v) is 3.05. The van der Waals surface area contributed by atoms with Crippen molar-refractivity contribution in [2.75, 3.05) is 10.6 Å². The predicted molar refractivity (Wildman–Crippen MR) is 82.4 cm³/mol. The molecule has 0 saturated carbocycles. The molecule has 0 atom stereocenters. The number of rotatable bonds is 5. The molecule has 0 fully saturated rings. The molecule has 0 aliphatic rings. The van der Waals surface area contributed by atoms with Crippen molar-refractivity contribution in [3.8, 4) is 0 Å². The van der Waals surface area contributed by atoms with Crippen molar-refractivity contribution in [1.82, 2.24) is 9.97 Å². The fourth-order valence-electron chi connectivity index (χ4n) is 1.92. The average Bonchev–Trinajstić information content (AvgIpc) is 3.09. The number of furan rings is 1. The van der Waals surface area contributed by atoms with Gasteiger partial charge in [0.2, 0.25) is 0 Å². The van der Waals surface area contributed by atoms with Crippen LogP contribution in [-0.4, -0.2) is 15.9 Å². The second-order valence-electron chi connectivity index (χ2n) is 4.66. The zero-order chi connectivity index (χ0) is 16.1. The molecule has 3 aromatic rings. The van der Waals surface area contributed by atoms with Gasteiger partial charge in [0.1, 0.15) is 29.4 Å². The van der Waals surface area contributed by atoms with E-state index in [0.29, 0.717) is 12.4 Å². The Morgan fingerprint density at radius 1 is 1.17 bits per heavy atom. The van der Waals surface area contributed by atoms with E-state index in [0.717, 1.165) is 5.76 Å². The van der Waals surface area contributed by atoms with Gasteiger partial charge in [-0.2, -0.15) is 0 Å². The van der Waals surface area contributed by atoms with Gasteiger partial charge in [-0.3, -0.25) is 4.79 Å². The lowest BCUT2D eigenvalue weighted by molar-refractivity contribution is 0.102. The Hall–Kier alpha value is -3.22. The zero-order valence-corrected chi connectivity index (χ0v) is 12.0. The summed E-state index contributed by atoms with van der Waals surface area (Å²) in [5, 5.41) is 5.49. The number of nitrogens with zero attached hydrogens (tertiary/aromatic N) is 2. The number of para-hydroxylation sites is 1. The summed E-state index contributed by atoms with van der Waals surface area (Å²) in [6.07, 6.45) is 2.84. The monoisotopic (exact) mass is 312 g/mol. The van der Waals surface area contributed by atoms with Crippen molar-refractivity contribution in [3.05, 3.63) is 72.3 Å². The topological polar surface area (TPSA) is 80.0 Å². The number of anilines is 2. The van der Waals surface area contributed by atoms with Gasteiger partial charge in [-0.25, -0.2) is 14.4 Å². The number of hydrogen-bond donors (Lipinski definition) is 2. The van der Waals surface area contributed by atoms with Crippen LogP contribution in [0.4, 0.5) is 15.9 Å². The van der Waals surface area contributed by atoms with E-state index in [9.17, 15) is 9.18 Å². The molecule has 0 radical (unpaired) electrons. The van der Waals surface area contributed by atoms with Gasteiger partial charge in [0, 0.05) is 6.07 Å². The van der Waals surface area contributed by atoms with Crippen LogP contribution in [0.2, 0.25) is 0 Å². The molecule has 0 aliphatic carbocycles. The third kappa shape index (κ3) is 3.70. The molecule has 0 saturated heterocycles. The van der Waals surface area contributed by atoms with Crippen molar-refractivity contribution in [2.45, 2.75) is 6.54 Å². The van der Waals surface area contributed by atoms with Crippen LogP contribution in [0.3, 0.4) is 0 Å². The highest BCUT2D eigenvalue weighted by Gasteiger charge is 2.11. The van der Waals surface area contributed by atoms with Gasteiger partial charge in [-0.05, 0) is 24.3 Å². The van der Waals surface area contributed by atoms with Gasteiger partial charge in [0.25, 0.3) is 5.91 Å². The van der Waals surface area contributed by atoms with Crippen LogP contribution in [-0.2, 0) is 6.54 Å². The molecular formula is C16H13FN4O2. The molecule has 1 aromatic carbocycles. The normalized spacial score (nSPS) is 10.3. The highest BCUT2D eigenvalue weighted by molar-refractivity contribution is 6.03. The standard InChI is InChI=1S/C16H13FN4O2/c17-12-5-1-2-6-13(12)21-16(22)14-8-15(20-10-19-14)18-9-11-4-3-7-23-11/h1-8,10H,9H2,(H,21,22)(H,18,19,20). The maximum Gasteiger partial charge on any atom is 0.274 e. The van der Waals surface area contributed by atoms with Crippen LogP contribution in [0.5, 0.6) is 0 Å². The van der Waals surface area contributed by atoms with Crippen LogP contribution in [0, 0.1) is 5.82 Å². The highest BCUT2D eigenvalue weighted by atomic mass is 19.1. The highest BCUT2D eigenvalue weighted by Crippen LogP contribution is 2.14. The van der Waals surface area contributed by atoms with Gasteiger partial charge in [0.05, 0.1) is 18.5 Å². The Morgan fingerprint density at radius 2 is 2.04 bits per heavy atom. The molecule has 7 heteroatoms. The quantitative estimate of drug-likeness (QED) is 0.757. The van der Waals surface area contributed by atoms with Crippen molar-refractivity contribution in [2.24, 2.45) is 0 Å². The van der Waals surface area contributed by atoms with Gasteiger partial charge in [0.15, 0.2) is 0 Å². The number of carbonyl (C=O) groups excluding carboxylic acids is 1. The van der Waals surface area contributed by atoms with E-state index in [-0.39, 0.29) is 11.4 Å². The van der Waals surface area contributed by atoms with E-state index in [1.807, 2.05) is 6.07 Å². The molecule has 2 heterocycles.